The summed E-state index contributed by atoms with van der Waals surface area (Å²) in [6.07, 6.45) is 2.96. The lowest BCUT2D eigenvalue weighted by molar-refractivity contribution is -0.113. The Hall–Kier alpha value is -2.61. The quantitative estimate of drug-likeness (QED) is 0.385. The highest BCUT2D eigenvalue weighted by Gasteiger charge is 2.09. The minimum absolute atomic E-state index is 0.156. The maximum Gasteiger partial charge on any atom is 0.234 e. The maximum absolute atomic E-state index is 11.9. The van der Waals surface area contributed by atoms with E-state index in [4.69, 9.17) is 0 Å². The number of H-pyrrole nitrogens is 1. The first-order valence-electron chi connectivity index (χ1n) is 6.08. The normalized spacial score (nSPS) is 10.7. The van der Waals surface area contributed by atoms with Crippen LogP contribution in [0.5, 0.6) is 5.75 Å². The first-order chi connectivity index (χ1) is 10.2. The number of imidazole rings is 1. The number of phenols is 1. The van der Waals surface area contributed by atoms with Crippen molar-refractivity contribution in [1.82, 2.24) is 19.9 Å². The zero-order chi connectivity index (χ0) is 14.7. The van der Waals surface area contributed by atoms with Gasteiger partial charge < -0.3 is 15.4 Å². The number of aromatic amines is 1. The number of anilines is 1. The number of carbonyl (C=O) groups excluding carboxylic acids is 1. The molecule has 3 aromatic rings. The van der Waals surface area contributed by atoms with Gasteiger partial charge in [-0.3, -0.25) is 4.79 Å². The number of carbonyl (C=O) groups is 1. The molecular formula is C13H11N5O2S. The van der Waals surface area contributed by atoms with Gasteiger partial charge in [-0.2, -0.15) is 0 Å². The third-order valence-corrected chi connectivity index (χ3v) is 3.67. The number of rotatable bonds is 4. The van der Waals surface area contributed by atoms with Crippen LogP contribution in [0.1, 0.15) is 0 Å². The van der Waals surface area contributed by atoms with Crippen LogP contribution in [0, 0.1) is 0 Å². The van der Waals surface area contributed by atoms with E-state index < -0.39 is 0 Å². The van der Waals surface area contributed by atoms with Gasteiger partial charge in [-0.15, -0.1) is 0 Å². The fourth-order valence-corrected chi connectivity index (χ4v) is 2.48. The highest BCUT2D eigenvalue weighted by Crippen LogP contribution is 2.22. The lowest BCUT2D eigenvalue weighted by Gasteiger charge is -2.05. The van der Waals surface area contributed by atoms with Crippen molar-refractivity contribution >= 4 is 34.5 Å². The Kier molecular flexibility index (Phi) is 3.69. The number of thioether (sulfide) groups is 1. The molecule has 7 nitrogen and oxygen atoms in total. The van der Waals surface area contributed by atoms with Crippen LogP contribution in [-0.4, -0.2) is 36.7 Å². The predicted octanol–water partition coefficient (Wildman–Crippen LogP) is 1.79. The summed E-state index contributed by atoms with van der Waals surface area (Å²) in [5, 5.41) is 12.6. The first kappa shape index (κ1) is 13.4. The molecule has 8 heteroatoms. The van der Waals surface area contributed by atoms with Gasteiger partial charge in [-0.05, 0) is 24.3 Å². The van der Waals surface area contributed by atoms with Crippen LogP contribution in [0.25, 0.3) is 11.2 Å². The molecule has 0 atom stereocenters. The Balaban J connectivity index is 1.63. The molecule has 3 rings (SSSR count). The predicted molar refractivity (Wildman–Crippen MR) is 79.1 cm³/mol. The van der Waals surface area contributed by atoms with Gasteiger partial charge >= 0.3 is 0 Å². The van der Waals surface area contributed by atoms with Gasteiger partial charge in [0.1, 0.15) is 22.6 Å². The number of aromatic nitrogens is 4. The van der Waals surface area contributed by atoms with Crippen molar-refractivity contribution in [3.05, 3.63) is 36.9 Å². The zero-order valence-corrected chi connectivity index (χ0v) is 11.6. The summed E-state index contributed by atoms with van der Waals surface area (Å²) in [5.74, 6) is 0.216. The second-order valence-corrected chi connectivity index (χ2v) is 5.13. The molecule has 0 radical (unpaired) electrons. The van der Waals surface area contributed by atoms with Gasteiger partial charge in [0.15, 0.2) is 5.65 Å². The molecule has 0 fully saturated rings. The molecule has 0 aliphatic heterocycles. The minimum atomic E-state index is -0.156. The standard InChI is InChI=1S/C13H11N5O2S/c19-9-3-1-8(2-4-9)18-10(20)5-21-13-11-12(15-6-14-11)16-7-17-13/h1-4,6-7,19H,5H2,(H,18,20)(H,14,15,16,17). The number of amides is 1. The second-order valence-electron chi connectivity index (χ2n) is 4.16. The van der Waals surface area contributed by atoms with Gasteiger partial charge in [0.25, 0.3) is 0 Å². The van der Waals surface area contributed by atoms with Crippen LogP contribution in [0.4, 0.5) is 5.69 Å². The fourth-order valence-electron chi connectivity index (χ4n) is 1.73. The summed E-state index contributed by atoms with van der Waals surface area (Å²) in [5.41, 5.74) is 1.93. The maximum atomic E-state index is 11.9. The molecule has 1 amide bonds. The largest absolute Gasteiger partial charge is 0.508 e. The molecule has 0 saturated carbocycles. The first-order valence-corrected chi connectivity index (χ1v) is 7.07. The molecule has 3 N–H and O–H groups in total. The molecule has 1 aromatic carbocycles. The second kappa shape index (κ2) is 5.80. The molecule has 106 valence electrons. The monoisotopic (exact) mass is 301 g/mol. The van der Waals surface area contributed by atoms with Crippen molar-refractivity contribution in [2.24, 2.45) is 0 Å². The van der Waals surface area contributed by atoms with Gasteiger partial charge in [0.2, 0.25) is 5.91 Å². The average Bonchev–Trinajstić information content (AvgIpc) is 2.96. The number of aromatic hydroxyl groups is 1. The van der Waals surface area contributed by atoms with Crippen LogP contribution in [-0.2, 0) is 4.79 Å². The van der Waals surface area contributed by atoms with Crippen LogP contribution in [0.2, 0.25) is 0 Å². The molecule has 0 bridgehead atoms. The van der Waals surface area contributed by atoms with Crippen molar-refractivity contribution in [3.63, 3.8) is 0 Å². The highest BCUT2D eigenvalue weighted by atomic mass is 32.2. The van der Waals surface area contributed by atoms with Crippen molar-refractivity contribution < 1.29 is 9.90 Å². The lowest BCUT2D eigenvalue weighted by Crippen LogP contribution is -2.14. The van der Waals surface area contributed by atoms with E-state index in [1.54, 1.807) is 18.5 Å². The van der Waals surface area contributed by atoms with E-state index in [0.29, 0.717) is 16.4 Å². The Bertz CT molecular complexity index is 772. The highest BCUT2D eigenvalue weighted by molar-refractivity contribution is 8.00. The van der Waals surface area contributed by atoms with Crippen LogP contribution < -0.4 is 5.32 Å². The number of nitrogens with zero attached hydrogens (tertiary/aromatic N) is 3. The topological polar surface area (TPSA) is 104 Å². The van der Waals surface area contributed by atoms with Crippen LogP contribution in [0.3, 0.4) is 0 Å². The fraction of sp³-hybridized carbons (Fsp3) is 0.0769. The van der Waals surface area contributed by atoms with E-state index in [1.807, 2.05) is 0 Å². The Morgan fingerprint density at radius 2 is 2.05 bits per heavy atom. The van der Waals surface area contributed by atoms with E-state index >= 15 is 0 Å². The Morgan fingerprint density at radius 1 is 1.24 bits per heavy atom. The molecule has 0 aliphatic carbocycles. The Labute approximate surface area is 123 Å². The van der Waals surface area contributed by atoms with Gasteiger partial charge in [0.05, 0.1) is 12.1 Å². The van der Waals surface area contributed by atoms with Gasteiger partial charge in [0, 0.05) is 5.69 Å². The van der Waals surface area contributed by atoms with Crippen molar-refractivity contribution in [2.45, 2.75) is 5.03 Å². The molecular weight excluding hydrogens is 290 g/mol. The van der Waals surface area contributed by atoms with E-state index in [-0.39, 0.29) is 17.4 Å². The van der Waals surface area contributed by atoms with Crippen LogP contribution >= 0.6 is 11.8 Å². The third kappa shape index (κ3) is 3.11. The Morgan fingerprint density at radius 3 is 2.86 bits per heavy atom. The third-order valence-electron chi connectivity index (χ3n) is 2.68. The van der Waals surface area contributed by atoms with E-state index in [1.165, 1.54) is 30.2 Å². The number of benzene rings is 1. The average molecular weight is 301 g/mol. The number of phenolic OH excluding ortho intramolecular Hbond substituents is 1. The van der Waals surface area contributed by atoms with E-state index in [9.17, 15) is 9.90 Å². The molecule has 0 spiro atoms. The van der Waals surface area contributed by atoms with E-state index in [0.717, 1.165) is 5.52 Å². The molecule has 0 unspecified atom stereocenters. The van der Waals surface area contributed by atoms with E-state index in [2.05, 4.69) is 25.3 Å². The number of hydrogen-bond donors (Lipinski definition) is 3. The van der Waals surface area contributed by atoms with Gasteiger partial charge in [-0.25, -0.2) is 15.0 Å². The summed E-state index contributed by atoms with van der Waals surface area (Å²) in [6.45, 7) is 0. The lowest BCUT2D eigenvalue weighted by atomic mass is 10.3. The summed E-state index contributed by atoms with van der Waals surface area (Å²) >= 11 is 1.30. The summed E-state index contributed by atoms with van der Waals surface area (Å²) < 4.78 is 0. The number of nitrogens with one attached hydrogen (secondary N) is 2. The zero-order valence-electron chi connectivity index (χ0n) is 10.8. The van der Waals surface area contributed by atoms with Crippen molar-refractivity contribution in [1.29, 1.82) is 0 Å². The molecule has 2 heterocycles. The molecule has 21 heavy (non-hydrogen) atoms. The molecule has 0 aliphatic rings. The SMILES string of the molecule is O=C(CSc1ncnc2nc[nH]c12)Nc1ccc(O)cc1. The summed E-state index contributed by atoms with van der Waals surface area (Å²) in [6, 6.07) is 6.30. The number of hydrogen-bond acceptors (Lipinski definition) is 6. The van der Waals surface area contributed by atoms with Crippen LogP contribution in [0.15, 0.2) is 41.9 Å². The van der Waals surface area contributed by atoms with Gasteiger partial charge in [-0.1, -0.05) is 11.8 Å². The minimum Gasteiger partial charge on any atom is -0.508 e. The summed E-state index contributed by atoms with van der Waals surface area (Å²) in [4.78, 5) is 27.0. The van der Waals surface area contributed by atoms with Crippen molar-refractivity contribution in [3.8, 4) is 5.75 Å². The number of fused-ring (bicyclic) bond motifs is 1. The summed E-state index contributed by atoms with van der Waals surface area (Å²) in [7, 11) is 0. The molecule has 0 saturated heterocycles. The smallest absolute Gasteiger partial charge is 0.234 e. The molecule has 2 aromatic heterocycles. The van der Waals surface area contributed by atoms with Crippen molar-refractivity contribution in [2.75, 3.05) is 11.1 Å².